The van der Waals surface area contributed by atoms with Crippen LogP contribution in [0, 0.1) is 5.82 Å². The minimum atomic E-state index is -1.09. The van der Waals surface area contributed by atoms with E-state index in [1.165, 1.54) is 6.07 Å². The Bertz CT molecular complexity index is 557. The summed E-state index contributed by atoms with van der Waals surface area (Å²) in [6, 6.07) is 3.58. The summed E-state index contributed by atoms with van der Waals surface area (Å²) in [5.74, 6) is -1.84. The van der Waals surface area contributed by atoms with E-state index in [9.17, 15) is 19.1 Å². The van der Waals surface area contributed by atoms with Crippen molar-refractivity contribution in [3.63, 3.8) is 0 Å². The number of aliphatic carboxylic acids is 1. The Balaban J connectivity index is 2.33. The van der Waals surface area contributed by atoms with Gasteiger partial charge in [0.25, 0.3) is 0 Å². The molecule has 2 rings (SSSR count). The molecule has 4 nitrogen and oxygen atoms in total. The van der Waals surface area contributed by atoms with Crippen LogP contribution in [0.4, 0.5) is 4.39 Å². The quantitative estimate of drug-likeness (QED) is 0.863. The van der Waals surface area contributed by atoms with E-state index in [-0.39, 0.29) is 12.3 Å². The molecule has 1 atom stereocenters. The van der Waals surface area contributed by atoms with Crippen LogP contribution in [0.3, 0.4) is 0 Å². The molecule has 0 heterocycles. The number of carbonyl (C=O) groups is 2. The van der Waals surface area contributed by atoms with E-state index in [0.29, 0.717) is 22.9 Å². The Morgan fingerprint density at radius 2 is 2.15 bits per heavy atom. The average Bonchev–Trinajstić information content (AvgIpc) is 3.19. The highest BCUT2D eigenvalue weighted by Gasteiger charge is 2.54. The van der Waals surface area contributed by atoms with E-state index in [1.54, 1.807) is 19.1 Å². The summed E-state index contributed by atoms with van der Waals surface area (Å²) in [7, 11) is 0. The highest BCUT2D eigenvalue weighted by Crippen LogP contribution is 2.51. The maximum Gasteiger partial charge on any atom is 0.327 e. The maximum atomic E-state index is 13.6. The molecule has 1 aliphatic carbocycles. The Kier molecular flexibility index (Phi) is 4.13. The third-order valence-corrected chi connectivity index (χ3v) is 4.35. The number of carboxylic acids is 1. The van der Waals surface area contributed by atoms with Gasteiger partial charge in [-0.25, -0.2) is 9.18 Å². The van der Waals surface area contributed by atoms with Crippen molar-refractivity contribution in [1.29, 1.82) is 0 Å². The van der Waals surface area contributed by atoms with Crippen LogP contribution in [0.25, 0.3) is 0 Å². The Morgan fingerprint density at radius 3 is 2.60 bits per heavy atom. The second kappa shape index (κ2) is 5.52. The first-order valence-electron chi connectivity index (χ1n) is 6.38. The Hall–Kier alpha value is -1.43. The van der Waals surface area contributed by atoms with Crippen LogP contribution in [0.5, 0.6) is 0 Å². The SMILES string of the molecule is CCC(=O)NC(C(=O)O)C1(c2ccc(Br)c(F)c2)CC1. The van der Waals surface area contributed by atoms with Gasteiger partial charge in [0, 0.05) is 11.8 Å². The van der Waals surface area contributed by atoms with Gasteiger partial charge in [0.05, 0.1) is 4.47 Å². The van der Waals surface area contributed by atoms with Gasteiger partial charge in [-0.3, -0.25) is 4.79 Å². The number of halogens is 2. The van der Waals surface area contributed by atoms with Gasteiger partial charge in [0.1, 0.15) is 11.9 Å². The summed E-state index contributed by atoms with van der Waals surface area (Å²) in [6.45, 7) is 1.66. The topological polar surface area (TPSA) is 66.4 Å². The summed E-state index contributed by atoms with van der Waals surface area (Å²) in [5, 5.41) is 11.9. The van der Waals surface area contributed by atoms with Crippen molar-refractivity contribution in [3.8, 4) is 0 Å². The molecule has 0 saturated heterocycles. The van der Waals surface area contributed by atoms with Crippen LogP contribution in [-0.2, 0) is 15.0 Å². The van der Waals surface area contributed by atoms with E-state index >= 15 is 0 Å². The summed E-state index contributed by atoms with van der Waals surface area (Å²) in [5.41, 5.74) is -0.0833. The number of hydrogen-bond acceptors (Lipinski definition) is 2. The molecule has 1 fully saturated rings. The number of nitrogens with one attached hydrogen (secondary N) is 1. The molecule has 20 heavy (non-hydrogen) atoms. The van der Waals surface area contributed by atoms with E-state index in [1.807, 2.05) is 0 Å². The zero-order valence-electron chi connectivity index (χ0n) is 11.0. The minimum absolute atomic E-state index is 0.217. The first kappa shape index (κ1) is 15.0. The Labute approximate surface area is 124 Å². The lowest BCUT2D eigenvalue weighted by Gasteiger charge is -2.25. The van der Waals surface area contributed by atoms with Crippen molar-refractivity contribution in [2.45, 2.75) is 37.6 Å². The van der Waals surface area contributed by atoms with Gasteiger partial charge in [-0.15, -0.1) is 0 Å². The lowest BCUT2D eigenvalue weighted by molar-refractivity contribution is -0.142. The molecular formula is C14H15BrFNO3. The van der Waals surface area contributed by atoms with Crippen LogP contribution < -0.4 is 5.32 Å². The third kappa shape index (κ3) is 2.70. The summed E-state index contributed by atoms with van der Waals surface area (Å²) >= 11 is 3.07. The van der Waals surface area contributed by atoms with Gasteiger partial charge in [0.2, 0.25) is 5.91 Å². The first-order valence-corrected chi connectivity index (χ1v) is 7.17. The largest absolute Gasteiger partial charge is 0.480 e. The summed E-state index contributed by atoms with van der Waals surface area (Å²) in [4.78, 5) is 22.9. The van der Waals surface area contributed by atoms with Gasteiger partial charge in [-0.2, -0.15) is 0 Å². The van der Waals surface area contributed by atoms with Gasteiger partial charge in [0.15, 0.2) is 0 Å². The maximum absolute atomic E-state index is 13.6. The molecule has 1 aliphatic rings. The molecule has 0 radical (unpaired) electrons. The predicted octanol–water partition coefficient (Wildman–Crippen LogP) is 2.60. The zero-order valence-corrected chi connectivity index (χ0v) is 12.5. The smallest absolute Gasteiger partial charge is 0.327 e. The standard InChI is InChI=1S/C14H15BrFNO3/c1-2-11(18)17-12(13(19)20)14(5-6-14)8-3-4-9(15)10(16)7-8/h3-4,7,12H,2,5-6H2,1H3,(H,17,18)(H,19,20). The highest BCUT2D eigenvalue weighted by molar-refractivity contribution is 9.10. The molecule has 1 aromatic carbocycles. The molecule has 1 unspecified atom stereocenters. The molecule has 1 aromatic rings. The highest BCUT2D eigenvalue weighted by atomic mass is 79.9. The van der Waals surface area contributed by atoms with Crippen LogP contribution in [0.2, 0.25) is 0 Å². The monoisotopic (exact) mass is 343 g/mol. The van der Waals surface area contributed by atoms with Gasteiger partial charge in [-0.1, -0.05) is 13.0 Å². The second-order valence-corrected chi connectivity index (χ2v) is 5.83. The number of benzene rings is 1. The number of rotatable bonds is 5. The van der Waals surface area contributed by atoms with Crippen LogP contribution in [0.1, 0.15) is 31.7 Å². The van der Waals surface area contributed by atoms with E-state index in [2.05, 4.69) is 21.2 Å². The summed E-state index contributed by atoms with van der Waals surface area (Å²) in [6.07, 6.45) is 1.46. The number of carbonyl (C=O) groups excluding carboxylic acids is 1. The fourth-order valence-electron chi connectivity index (χ4n) is 2.38. The number of carboxylic acid groups (broad SMARTS) is 1. The van der Waals surface area contributed by atoms with Crippen molar-refractivity contribution < 1.29 is 19.1 Å². The van der Waals surface area contributed by atoms with Crippen molar-refractivity contribution in [2.24, 2.45) is 0 Å². The predicted molar refractivity (Wildman–Crippen MR) is 74.9 cm³/mol. The van der Waals surface area contributed by atoms with Gasteiger partial charge in [-0.05, 0) is 46.5 Å². The van der Waals surface area contributed by atoms with Crippen molar-refractivity contribution in [3.05, 3.63) is 34.1 Å². The van der Waals surface area contributed by atoms with Crippen LogP contribution in [-0.4, -0.2) is 23.0 Å². The minimum Gasteiger partial charge on any atom is -0.480 e. The normalized spacial score (nSPS) is 17.4. The molecule has 0 aromatic heterocycles. The molecule has 0 spiro atoms. The average molecular weight is 344 g/mol. The molecule has 6 heteroatoms. The fourth-order valence-corrected chi connectivity index (χ4v) is 2.63. The molecular weight excluding hydrogens is 329 g/mol. The van der Waals surface area contributed by atoms with Crippen LogP contribution >= 0.6 is 15.9 Å². The number of hydrogen-bond donors (Lipinski definition) is 2. The molecule has 1 amide bonds. The lowest BCUT2D eigenvalue weighted by atomic mass is 9.87. The molecule has 108 valence electrons. The van der Waals surface area contributed by atoms with E-state index in [4.69, 9.17) is 0 Å². The second-order valence-electron chi connectivity index (χ2n) is 4.98. The molecule has 0 bridgehead atoms. The fraction of sp³-hybridized carbons (Fsp3) is 0.429. The van der Waals surface area contributed by atoms with Crippen molar-refractivity contribution in [2.75, 3.05) is 0 Å². The van der Waals surface area contributed by atoms with Crippen LogP contribution in [0.15, 0.2) is 22.7 Å². The third-order valence-electron chi connectivity index (χ3n) is 3.71. The van der Waals surface area contributed by atoms with Crippen molar-refractivity contribution in [1.82, 2.24) is 5.32 Å². The Morgan fingerprint density at radius 1 is 1.50 bits per heavy atom. The summed E-state index contributed by atoms with van der Waals surface area (Å²) < 4.78 is 14.0. The number of amides is 1. The first-order chi connectivity index (χ1) is 9.40. The van der Waals surface area contributed by atoms with E-state index < -0.39 is 23.2 Å². The molecule has 0 aliphatic heterocycles. The zero-order chi connectivity index (χ0) is 14.9. The lowest BCUT2D eigenvalue weighted by Crippen LogP contribution is -2.48. The van der Waals surface area contributed by atoms with Crippen molar-refractivity contribution >= 4 is 27.8 Å². The molecule has 1 saturated carbocycles. The molecule has 2 N–H and O–H groups in total. The van der Waals surface area contributed by atoms with E-state index in [0.717, 1.165) is 0 Å². The van der Waals surface area contributed by atoms with Gasteiger partial charge >= 0.3 is 5.97 Å². The van der Waals surface area contributed by atoms with Gasteiger partial charge < -0.3 is 10.4 Å².